The van der Waals surface area contributed by atoms with Gasteiger partial charge in [-0.1, -0.05) is 0 Å². The molecule has 0 aliphatic carbocycles. The monoisotopic (exact) mass is 295 g/mol. The molecule has 90 valence electrons. The lowest BCUT2D eigenvalue weighted by atomic mass is 10.2. The van der Waals surface area contributed by atoms with Crippen molar-refractivity contribution in [3.05, 3.63) is 28.1 Å². The molecule has 2 rings (SSSR count). The molecule has 0 unspecified atom stereocenters. The Morgan fingerprint density at radius 3 is 2.71 bits per heavy atom. The van der Waals surface area contributed by atoms with Gasteiger partial charge in [-0.05, 0) is 35.3 Å². The summed E-state index contributed by atoms with van der Waals surface area (Å²) in [5, 5.41) is 7.50. The highest BCUT2D eigenvalue weighted by molar-refractivity contribution is 9.10. The van der Waals surface area contributed by atoms with Crippen molar-refractivity contribution in [3.8, 4) is 0 Å². The van der Waals surface area contributed by atoms with E-state index in [0.717, 1.165) is 27.2 Å². The van der Waals surface area contributed by atoms with Gasteiger partial charge in [-0.25, -0.2) is 4.98 Å². The smallest absolute Gasteiger partial charge is 0.145 e. The van der Waals surface area contributed by atoms with Gasteiger partial charge in [0.2, 0.25) is 0 Å². The number of hydrogen-bond acceptors (Lipinski definition) is 4. The molecular formula is C11H14BrN5. The van der Waals surface area contributed by atoms with E-state index in [2.05, 4.69) is 31.3 Å². The molecule has 0 spiro atoms. The summed E-state index contributed by atoms with van der Waals surface area (Å²) in [6.45, 7) is 3.89. The maximum Gasteiger partial charge on any atom is 0.145 e. The van der Waals surface area contributed by atoms with Gasteiger partial charge in [0.25, 0.3) is 0 Å². The third-order valence-electron chi connectivity index (χ3n) is 2.57. The Hall–Kier alpha value is -1.56. The fourth-order valence-electron chi connectivity index (χ4n) is 1.53. The third-order valence-corrected chi connectivity index (χ3v) is 3.54. The molecular weight excluding hydrogens is 282 g/mol. The Balaban J connectivity index is 2.37. The van der Waals surface area contributed by atoms with Crippen LogP contribution in [0.2, 0.25) is 0 Å². The summed E-state index contributed by atoms with van der Waals surface area (Å²) >= 11 is 3.49. The van der Waals surface area contributed by atoms with Gasteiger partial charge in [0.15, 0.2) is 0 Å². The Morgan fingerprint density at radius 1 is 1.41 bits per heavy atom. The van der Waals surface area contributed by atoms with Crippen LogP contribution in [-0.4, -0.2) is 14.8 Å². The summed E-state index contributed by atoms with van der Waals surface area (Å²) in [5.41, 5.74) is 9.29. The standard InChI is InChI=1S/C11H14BrN5/c1-6-8(13)4-14-11(10(6)12)15-9-5-17(3)16-7(9)2/h4-5H,13H2,1-3H3,(H,14,15). The molecule has 3 N–H and O–H groups in total. The van der Waals surface area contributed by atoms with E-state index >= 15 is 0 Å². The number of anilines is 3. The minimum atomic E-state index is 0.672. The number of rotatable bonds is 2. The average Bonchev–Trinajstić information content (AvgIpc) is 2.58. The largest absolute Gasteiger partial charge is 0.397 e. The quantitative estimate of drug-likeness (QED) is 0.893. The molecule has 0 aromatic carbocycles. The van der Waals surface area contributed by atoms with Crippen LogP contribution in [0, 0.1) is 13.8 Å². The van der Waals surface area contributed by atoms with Crippen molar-refractivity contribution >= 4 is 33.1 Å². The minimum Gasteiger partial charge on any atom is -0.397 e. The molecule has 6 heteroatoms. The predicted molar refractivity (Wildman–Crippen MR) is 72.3 cm³/mol. The van der Waals surface area contributed by atoms with Crippen LogP contribution in [0.1, 0.15) is 11.3 Å². The van der Waals surface area contributed by atoms with E-state index in [-0.39, 0.29) is 0 Å². The van der Waals surface area contributed by atoms with Crippen LogP contribution in [-0.2, 0) is 7.05 Å². The first-order chi connectivity index (χ1) is 7.99. The average molecular weight is 296 g/mol. The minimum absolute atomic E-state index is 0.672. The lowest BCUT2D eigenvalue weighted by Crippen LogP contribution is -1.99. The Bertz CT molecular complexity index is 561. The van der Waals surface area contributed by atoms with Crippen LogP contribution in [0.25, 0.3) is 0 Å². The zero-order chi connectivity index (χ0) is 12.6. The van der Waals surface area contributed by atoms with Crippen molar-refractivity contribution in [1.82, 2.24) is 14.8 Å². The Labute approximate surface area is 108 Å². The zero-order valence-corrected chi connectivity index (χ0v) is 11.5. The van der Waals surface area contributed by atoms with Gasteiger partial charge in [0.1, 0.15) is 5.82 Å². The predicted octanol–water partition coefficient (Wildman–Crippen LogP) is 2.52. The van der Waals surface area contributed by atoms with Crippen LogP contribution >= 0.6 is 15.9 Å². The molecule has 0 saturated carbocycles. The summed E-state index contributed by atoms with van der Waals surface area (Å²) < 4.78 is 2.64. The van der Waals surface area contributed by atoms with Gasteiger partial charge in [0.05, 0.1) is 27.7 Å². The van der Waals surface area contributed by atoms with Crippen molar-refractivity contribution in [2.24, 2.45) is 7.05 Å². The number of pyridine rings is 1. The van der Waals surface area contributed by atoms with Crippen molar-refractivity contribution in [1.29, 1.82) is 0 Å². The molecule has 0 saturated heterocycles. The lowest BCUT2D eigenvalue weighted by molar-refractivity contribution is 0.756. The first-order valence-corrected chi connectivity index (χ1v) is 5.96. The molecule has 2 aromatic heterocycles. The van der Waals surface area contributed by atoms with Gasteiger partial charge < -0.3 is 11.1 Å². The first kappa shape index (κ1) is 11.9. The van der Waals surface area contributed by atoms with Gasteiger partial charge >= 0.3 is 0 Å². The number of nitrogens with zero attached hydrogens (tertiary/aromatic N) is 3. The number of aromatic nitrogens is 3. The number of hydrogen-bond donors (Lipinski definition) is 2. The van der Waals surface area contributed by atoms with Crippen molar-refractivity contribution < 1.29 is 0 Å². The molecule has 0 aliphatic rings. The number of nitrogens with one attached hydrogen (secondary N) is 1. The van der Waals surface area contributed by atoms with Crippen LogP contribution in [0.4, 0.5) is 17.2 Å². The zero-order valence-electron chi connectivity index (χ0n) is 9.95. The summed E-state index contributed by atoms with van der Waals surface area (Å²) in [6.07, 6.45) is 3.56. The molecule has 17 heavy (non-hydrogen) atoms. The summed E-state index contributed by atoms with van der Waals surface area (Å²) in [7, 11) is 1.88. The summed E-state index contributed by atoms with van der Waals surface area (Å²) in [5.74, 6) is 0.743. The van der Waals surface area contributed by atoms with E-state index in [4.69, 9.17) is 5.73 Å². The molecule has 0 amide bonds. The Kier molecular flexibility index (Phi) is 3.06. The van der Waals surface area contributed by atoms with Gasteiger partial charge in [-0.2, -0.15) is 5.10 Å². The molecule has 0 atom stereocenters. The topological polar surface area (TPSA) is 68.8 Å². The highest BCUT2D eigenvalue weighted by Crippen LogP contribution is 2.30. The SMILES string of the molecule is Cc1nn(C)cc1Nc1ncc(N)c(C)c1Br. The highest BCUT2D eigenvalue weighted by Gasteiger charge is 2.10. The first-order valence-electron chi connectivity index (χ1n) is 5.17. The van der Waals surface area contributed by atoms with E-state index in [1.165, 1.54) is 0 Å². The van der Waals surface area contributed by atoms with Crippen molar-refractivity contribution in [2.45, 2.75) is 13.8 Å². The van der Waals surface area contributed by atoms with Crippen molar-refractivity contribution in [2.75, 3.05) is 11.1 Å². The molecule has 2 heterocycles. The fraction of sp³-hybridized carbons (Fsp3) is 0.273. The Morgan fingerprint density at radius 2 is 2.12 bits per heavy atom. The molecule has 0 aliphatic heterocycles. The van der Waals surface area contributed by atoms with E-state index < -0.39 is 0 Å². The molecule has 0 fully saturated rings. The van der Waals surface area contributed by atoms with Crippen LogP contribution in [0.15, 0.2) is 16.9 Å². The second kappa shape index (κ2) is 4.37. The van der Waals surface area contributed by atoms with Gasteiger partial charge in [-0.3, -0.25) is 4.68 Å². The second-order valence-corrected chi connectivity index (χ2v) is 4.72. The number of halogens is 1. The van der Waals surface area contributed by atoms with Crippen LogP contribution < -0.4 is 11.1 Å². The van der Waals surface area contributed by atoms with Crippen molar-refractivity contribution in [3.63, 3.8) is 0 Å². The van der Waals surface area contributed by atoms with E-state index in [0.29, 0.717) is 5.69 Å². The maximum atomic E-state index is 5.78. The van der Waals surface area contributed by atoms with E-state index in [1.807, 2.05) is 27.1 Å². The fourth-order valence-corrected chi connectivity index (χ4v) is 1.96. The van der Waals surface area contributed by atoms with Crippen LogP contribution in [0.5, 0.6) is 0 Å². The maximum absolute atomic E-state index is 5.78. The highest BCUT2D eigenvalue weighted by atomic mass is 79.9. The molecule has 2 aromatic rings. The third kappa shape index (κ3) is 2.26. The molecule has 5 nitrogen and oxygen atoms in total. The lowest BCUT2D eigenvalue weighted by Gasteiger charge is -2.09. The van der Waals surface area contributed by atoms with Crippen LogP contribution in [0.3, 0.4) is 0 Å². The summed E-state index contributed by atoms with van der Waals surface area (Å²) in [6, 6.07) is 0. The summed E-state index contributed by atoms with van der Waals surface area (Å²) in [4.78, 5) is 4.26. The normalized spacial score (nSPS) is 10.6. The van der Waals surface area contributed by atoms with Gasteiger partial charge in [-0.15, -0.1) is 0 Å². The second-order valence-electron chi connectivity index (χ2n) is 3.93. The number of aryl methyl sites for hydroxylation is 2. The van der Waals surface area contributed by atoms with E-state index in [1.54, 1.807) is 10.9 Å². The number of nitrogen functional groups attached to an aromatic ring is 1. The molecule has 0 radical (unpaired) electrons. The van der Waals surface area contributed by atoms with E-state index in [9.17, 15) is 0 Å². The van der Waals surface area contributed by atoms with Gasteiger partial charge in [0, 0.05) is 13.2 Å². The number of nitrogens with two attached hydrogens (primary N) is 1. The molecule has 0 bridgehead atoms.